The molecule has 2 aromatic carbocycles. The summed E-state index contributed by atoms with van der Waals surface area (Å²) in [5.41, 5.74) is 2.50. The Balaban J connectivity index is 2.26. The zero-order chi connectivity index (χ0) is 17.2. The normalized spacial score (nSPS) is 11.7. The highest BCUT2D eigenvalue weighted by atomic mass is 32.2. The Morgan fingerprint density at radius 3 is 2.35 bits per heavy atom. The number of methoxy groups -OCH3 is 1. The molecule has 0 aromatic heterocycles. The Morgan fingerprint density at radius 2 is 1.78 bits per heavy atom. The Morgan fingerprint density at radius 1 is 1.09 bits per heavy atom. The fourth-order valence-corrected chi connectivity index (χ4v) is 3.45. The Bertz CT molecular complexity index is 819. The summed E-state index contributed by atoms with van der Waals surface area (Å²) in [7, 11) is -0.763. The van der Waals surface area contributed by atoms with Crippen molar-refractivity contribution < 1.29 is 17.5 Å². The van der Waals surface area contributed by atoms with Crippen LogP contribution in [0.2, 0.25) is 0 Å². The SMILES string of the molecule is COc1ccc(CN(C)S(=O)(=O)c2ccc(C)c(C)c2)cc1F. The monoisotopic (exact) mass is 337 g/mol. The van der Waals surface area contributed by atoms with Gasteiger partial charge >= 0.3 is 0 Å². The van der Waals surface area contributed by atoms with Crippen LogP contribution in [0.25, 0.3) is 0 Å². The van der Waals surface area contributed by atoms with Crippen molar-refractivity contribution in [3.63, 3.8) is 0 Å². The van der Waals surface area contributed by atoms with Crippen LogP contribution < -0.4 is 4.74 Å². The van der Waals surface area contributed by atoms with Gasteiger partial charge < -0.3 is 4.74 Å². The zero-order valence-electron chi connectivity index (χ0n) is 13.6. The lowest BCUT2D eigenvalue weighted by Crippen LogP contribution is -2.26. The van der Waals surface area contributed by atoms with E-state index in [1.807, 2.05) is 13.8 Å². The van der Waals surface area contributed by atoms with E-state index in [1.165, 1.54) is 30.6 Å². The van der Waals surface area contributed by atoms with Gasteiger partial charge in [0.1, 0.15) is 0 Å². The minimum absolute atomic E-state index is 0.0795. The van der Waals surface area contributed by atoms with Crippen molar-refractivity contribution in [1.82, 2.24) is 4.31 Å². The largest absolute Gasteiger partial charge is 0.494 e. The lowest BCUT2D eigenvalue weighted by molar-refractivity contribution is 0.385. The lowest BCUT2D eigenvalue weighted by atomic mass is 10.1. The second-order valence-corrected chi connectivity index (χ2v) is 7.52. The Hall–Kier alpha value is -1.92. The van der Waals surface area contributed by atoms with Crippen molar-refractivity contribution in [2.75, 3.05) is 14.2 Å². The molecular weight excluding hydrogens is 317 g/mol. The minimum atomic E-state index is -3.63. The number of ether oxygens (including phenoxy) is 1. The molecule has 0 saturated carbocycles. The molecule has 0 amide bonds. The summed E-state index contributed by atoms with van der Waals surface area (Å²) in [5.74, 6) is -0.379. The highest BCUT2D eigenvalue weighted by Gasteiger charge is 2.21. The topological polar surface area (TPSA) is 46.6 Å². The van der Waals surface area contributed by atoms with Gasteiger partial charge in [0.25, 0.3) is 0 Å². The third-order valence-corrected chi connectivity index (χ3v) is 5.61. The van der Waals surface area contributed by atoms with E-state index >= 15 is 0 Å². The highest BCUT2D eigenvalue weighted by Crippen LogP contribution is 2.22. The summed E-state index contributed by atoms with van der Waals surface area (Å²) < 4.78 is 45.0. The van der Waals surface area contributed by atoms with E-state index in [4.69, 9.17) is 4.74 Å². The van der Waals surface area contributed by atoms with E-state index < -0.39 is 15.8 Å². The maximum Gasteiger partial charge on any atom is 0.243 e. The molecule has 0 spiro atoms. The second-order valence-electron chi connectivity index (χ2n) is 5.48. The van der Waals surface area contributed by atoms with Crippen LogP contribution in [0.15, 0.2) is 41.3 Å². The van der Waals surface area contributed by atoms with Gasteiger partial charge in [-0.2, -0.15) is 4.31 Å². The summed E-state index contributed by atoms with van der Waals surface area (Å²) in [6, 6.07) is 9.43. The maximum atomic E-state index is 13.7. The lowest BCUT2D eigenvalue weighted by Gasteiger charge is -2.18. The van der Waals surface area contributed by atoms with Gasteiger partial charge in [-0.1, -0.05) is 12.1 Å². The summed E-state index contributed by atoms with van der Waals surface area (Å²) in [5, 5.41) is 0. The van der Waals surface area contributed by atoms with E-state index in [-0.39, 0.29) is 17.2 Å². The smallest absolute Gasteiger partial charge is 0.243 e. The van der Waals surface area contributed by atoms with Crippen molar-refractivity contribution >= 4 is 10.0 Å². The van der Waals surface area contributed by atoms with Gasteiger partial charge in [-0.15, -0.1) is 0 Å². The number of nitrogens with zero attached hydrogens (tertiary/aromatic N) is 1. The number of sulfonamides is 1. The van der Waals surface area contributed by atoms with Gasteiger partial charge in [0, 0.05) is 13.6 Å². The summed E-state index contributed by atoms with van der Waals surface area (Å²) in [6.07, 6.45) is 0. The quantitative estimate of drug-likeness (QED) is 0.841. The van der Waals surface area contributed by atoms with Crippen LogP contribution in [0.3, 0.4) is 0 Å². The first kappa shape index (κ1) is 17.4. The summed E-state index contributed by atoms with van der Waals surface area (Å²) in [6.45, 7) is 3.87. The van der Waals surface area contributed by atoms with E-state index in [0.29, 0.717) is 5.56 Å². The zero-order valence-corrected chi connectivity index (χ0v) is 14.4. The Labute approximate surface area is 136 Å². The van der Waals surface area contributed by atoms with Crippen LogP contribution in [-0.2, 0) is 16.6 Å². The molecule has 2 rings (SSSR count). The summed E-state index contributed by atoms with van der Waals surface area (Å²) >= 11 is 0. The number of benzene rings is 2. The Kier molecular flexibility index (Phi) is 5.06. The van der Waals surface area contributed by atoms with Crippen LogP contribution in [0, 0.1) is 19.7 Å². The first-order valence-electron chi connectivity index (χ1n) is 7.11. The molecule has 0 bridgehead atoms. The van der Waals surface area contributed by atoms with Crippen LogP contribution in [0.1, 0.15) is 16.7 Å². The number of hydrogen-bond acceptors (Lipinski definition) is 3. The van der Waals surface area contributed by atoms with Gasteiger partial charge in [0.2, 0.25) is 10.0 Å². The molecule has 0 aliphatic heterocycles. The molecule has 0 saturated heterocycles. The maximum absolute atomic E-state index is 13.7. The van der Waals surface area contributed by atoms with Crippen LogP contribution in [-0.4, -0.2) is 26.9 Å². The molecule has 2 aromatic rings. The first-order chi connectivity index (χ1) is 10.8. The number of aryl methyl sites for hydroxylation is 2. The minimum Gasteiger partial charge on any atom is -0.494 e. The fourth-order valence-electron chi connectivity index (χ4n) is 2.20. The molecule has 0 radical (unpaired) electrons. The van der Waals surface area contributed by atoms with Crippen LogP contribution >= 0.6 is 0 Å². The molecule has 0 heterocycles. The van der Waals surface area contributed by atoms with E-state index in [1.54, 1.807) is 24.3 Å². The molecule has 0 unspecified atom stereocenters. The molecule has 124 valence electrons. The number of rotatable bonds is 5. The number of hydrogen-bond donors (Lipinski definition) is 0. The fraction of sp³-hybridized carbons (Fsp3) is 0.294. The average molecular weight is 337 g/mol. The van der Waals surface area contributed by atoms with E-state index in [9.17, 15) is 12.8 Å². The van der Waals surface area contributed by atoms with Gasteiger partial charge in [0.15, 0.2) is 11.6 Å². The molecule has 0 aliphatic rings. The first-order valence-corrected chi connectivity index (χ1v) is 8.55. The van der Waals surface area contributed by atoms with Gasteiger partial charge in [-0.3, -0.25) is 0 Å². The second kappa shape index (κ2) is 6.68. The van der Waals surface area contributed by atoms with Gasteiger partial charge in [-0.05, 0) is 54.8 Å². The van der Waals surface area contributed by atoms with Crippen molar-refractivity contribution in [2.45, 2.75) is 25.3 Å². The van der Waals surface area contributed by atoms with Crippen molar-refractivity contribution in [1.29, 1.82) is 0 Å². The van der Waals surface area contributed by atoms with Gasteiger partial charge in [0.05, 0.1) is 12.0 Å². The predicted octanol–water partition coefficient (Wildman–Crippen LogP) is 3.27. The molecular formula is C17H20FNO3S. The van der Waals surface area contributed by atoms with Crippen molar-refractivity contribution in [2.24, 2.45) is 0 Å². The van der Waals surface area contributed by atoms with Crippen molar-refractivity contribution in [3.8, 4) is 5.75 Å². The average Bonchev–Trinajstić information content (AvgIpc) is 2.50. The molecule has 23 heavy (non-hydrogen) atoms. The van der Waals surface area contributed by atoms with Crippen LogP contribution in [0.5, 0.6) is 5.75 Å². The predicted molar refractivity (Wildman–Crippen MR) is 87.5 cm³/mol. The molecule has 6 heteroatoms. The molecule has 0 atom stereocenters. The third kappa shape index (κ3) is 3.71. The van der Waals surface area contributed by atoms with Gasteiger partial charge in [-0.25, -0.2) is 12.8 Å². The highest BCUT2D eigenvalue weighted by molar-refractivity contribution is 7.89. The van der Waals surface area contributed by atoms with E-state index in [2.05, 4.69) is 0 Å². The molecule has 4 nitrogen and oxygen atoms in total. The van der Waals surface area contributed by atoms with E-state index in [0.717, 1.165) is 11.1 Å². The molecule has 0 N–H and O–H groups in total. The van der Waals surface area contributed by atoms with Crippen molar-refractivity contribution in [3.05, 3.63) is 58.9 Å². The summed E-state index contributed by atoms with van der Waals surface area (Å²) in [4.78, 5) is 0.233. The standard InChI is InChI=1S/C17H20FNO3S/c1-12-5-7-15(9-13(12)2)23(20,21)19(3)11-14-6-8-17(22-4)16(18)10-14/h5-10H,11H2,1-4H3. The molecule has 0 fully saturated rings. The number of halogens is 1. The molecule has 0 aliphatic carbocycles. The van der Waals surface area contributed by atoms with Crippen LogP contribution in [0.4, 0.5) is 4.39 Å². The third-order valence-electron chi connectivity index (χ3n) is 3.81.